The van der Waals surface area contributed by atoms with Crippen LogP contribution in [0.2, 0.25) is 0 Å². The van der Waals surface area contributed by atoms with Crippen LogP contribution in [0.1, 0.15) is 37.3 Å². The largest absolute Gasteiger partial charge is 0.379 e. The monoisotopic (exact) mass is 338 g/mol. The summed E-state index contributed by atoms with van der Waals surface area (Å²) in [4.78, 5) is 14.3. The van der Waals surface area contributed by atoms with E-state index in [9.17, 15) is 4.79 Å². The Labute approximate surface area is 144 Å². The Morgan fingerprint density at radius 3 is 2.88 bits per heavy atom. The van der Waals surface area contributed by atoms with Gasteiger partial charge in [0.25, 0.3) is 0 Å². The zero-order chi connectivity index (χ0) is 17.5. The fourth-order valence-electron chi connectivity index (χ4n) is 3.14. The molecule has 0 aromatic carbocycles. The standard InChI is InChI=1S/C17H30N4O3/c1-12(21-8-9-23-11-13(21)2)10-19-17(22)18-7-5-6-16-14(3)20-24-15(16)4/h12-13H,5-11H2,1-4H3,(H2,18,19,22)/t12-,13-/m0/s1. The number of carbonyl (C=O) groups is 1. The van der Waals surface area contributed by atoms with Crippen molar-refractivity contribution in [2.75, 3.05) is 32.8 Å². The van der Waals surface area contributed by atoms with Crippen LogP contribution in [0.3, 0.4) is 0 Å². The number of aryl methyl sites for hydroxylation is 2. The minimum Gasteiger partial charge on any atom is -0.379 e. The van der Waals surface area contributed by atoms with Gasteiger partial charge in [0.05, 0.1) is 18.9 Å². The number of rotatable bonds is 7. The van der Waals surface area contributed by atoms with Crippen molar-refractivity contribution < 1.29 is 14.1 Å². The van der Waals surface area contributed by atoms with Crippen LogP contribution in [0.4, 0.5) is 4.79 Å². The van der Waals surface area contributed by atoms with Gasteiger partial charge < -0.3 is 19.9 Å². The van der Waals surface area contributed by atoms with Crippen LogP contribution >= 0.6 is 0 Å². The van der Waals surface area contributed by atoms with Gasteiger partial charge >= 0.3 is 6.03 Å². The van der Waals surface area contributed by atoms with E-state index >= 15 is 0 Å². The molecule has 0 radical (unpaired) electrons. The first-order valence-corrected chi connectivity index (χ1v) is 8.76. The topological polar surface area (TPSA) is 79.6 Å². The molecular formula is C17H30N4O3. The molecule has 0 unspecified atom stereocenters. The Morgan fingerprint density at radius 1 is 1.42 bits per heavy atom. The highest BCUT2D eigenvalue weighted by Gasteiger charge is 2.23. The van der Waals surface area contributed by atoms with E-state index < -0.39 is 0 Å². The third kappa shape index (κ3) is 5.21. The molecule has 24 heavy (non-hydrogen) atoms. The lowest BCUT2D eigenvalue weighted by atomic mass is 10.1. The number of nitrogens with one attached hydrogen (secondary N) is 2. The number of urea groups is 1. The number of ether oxygens (including phenoxy) is 1. The first kappa shape index (κ1) is 18.7. The number of morpholine rings is 1. The number of hydrogen-bond donors (Lipinski definition) is 2. The molecule has 1 fully saturated rings. The van der Waals surface area contributed by atoms with E-state index in [-0.39, 0.29) is 6.03 Å². The molecule has 2 heterocycles. The molecule has 2 atom stereocenters. The molecule has 7 heteroatoms. The molecule has 1 aromatic heterocycles. The van der Waals surface area contributed by atoms with Crippen LogP contribution < -0.4 is 10.6 Å². The van der Waals surface area contributed by atoms with Gasteiger partial charge in [-0.05, 0) is 40.5 Å². The van der Waals surface area contributed by atoms with Gasteiger partial charge in [0.2, 0.25) is 0 Å². The van der Waals surface area contributed by atoms with Gasteiger partial charge in [-0.2, -0.15) is 0 Å². The summed E-state index contributed by atoms with van der Waals surface area (Å²) < 4.78 is 10.6. The van der Waals surface area contributed by atoms with Crippen molar-refractivity contribution in [1.29, 1.82) is 0 Å². The van der Waals surface area contributed by atoms with Crippen molar-refractivity contribution >= 4 is 6.03 Å². The smallest absolute Gasteiger partial charge is 0.314 e. The Hall–Kier alpha value is -1.60. The molecular weight excluding hydrogens is 308 g/mol. The summed E-state index contributed by atoms with van der Waals surface area (Å²) in [5, 5.41) is 9.80. The van der Waals surface area contributed by atoms with Crippen LogP contribution in [-0.4, -0.2) is 61.0 Å². The van der Waals surface area contributed by atoms with Crippen molar-refractivity contribution in [2.24, 2.45) is 0 Å². The predicted octanol–water partition coefficient (Wildman–Crippen LogP) is 1.63. The fraction of sp³-hybridized carbons (Fsp3) is 0.765. The lowest BCUT2D eigenvalue weighted by Crippen LogP contribution is -2.52. The second kappa shape index (κ2) is 9.03. The Kier molecular flexibility index (Phi) is 7.05. The third-order valence-corrected chi connectivity index (χ3v) is 4.61. The van der Waals surface area contributed by atoms with E-state index in [2.05, 4.69) is 34.5 Å². The second-order valence-electron chi connectivity index (χ2n) is 6.55. The van der Waals surface area contributed by atoms with Gasteiger partial charge in [-0.3, -0.25) is 4.90 Å². The molecule has 0 bridgehead atoms. The minimum atomic E-state index is -0.110. The zero-order valence-corrected chi connectivity index (χ0v) is 15.2. The van der Waals surface area contributed by atoms with E-state index in [0.29, 0.717) is 25.2 Å². The van der Waals surface area contributed by atoms with Crippen LogP contribution in [-0.2, 0) is 11.2 Å². The maximum absolute atomic E-state index is 11.9. The Bertz CT molecular complexity index is 512. The molecule has 1 aromatic rings. The van der Waals surface area contributed by atoms with Crippen molar-refractivity contribution in [3.8, 4) is 0 Å². The summed E-state index contributed by atoms with van der Waals surface area (Å²) in [6, 6.07) is 0.590. The molecule has 1 saturated heterocycles. The Morgan fingerprint density at radius 2 is 2.21 bits per heavy atom. The van der Waals surface area contributed by atoms with Gasteiger partial charge in [0, 0.05) is 37.3 Å². The summed E-state index contributed by atoms with van der Waals surface area (Å²) in [6.45, 7) is 11.9. The lowest BCUT2D eigenvalue weighted by molar-refractivity contribution is -0.0176. The van der Waals surface area contributed by atoms with Gasteiger partial charge in [0.15, 0.2) is 0 Å². The van der Waals surface area contributed by atoms with Crippen LogP contribution in [0.5, 0.6) is 0 Å². The quantitative estimate of drug-likeness (QED) is 0.739. The molecule has 7 nitrogen and oxygen atoms in total. The van der Waals surface area contributed by atoms with Crippen LogP contribution in [0.15, 0.2) is 4.52 Å². The van der Waals surface area contributed by atoms with Crippen molar-refractivity contribution in [3.05, 3.63) is 17.0 Å². The molecule has 0 aliphatic carbocycles. The second-order valence-corrected chi connectivity index (χ2v) is 6.55. The van der Waals surface area contributed by atoms with Crippen LogP contribution in [0, 0.1) is 13.8 Å². The first-order valence-electron chi connectivity index (χ1n) is 8.76. The molecule has 2 rings (SSSR count). The normalized spacial score (nSPS) is 19.9. The van der Waals surface area contributed by atoms with E-state index in [1.54, 1.807) is 0 Å². The maximum Gasteiger partial charge on any atom is 0.314 e. The SMILES string of the molecule is Cc1noc(C)c1CCCNC(=O)NC[C@H](C)N1CCOC[C@@H]1C. The van der Waals surface area contributed by atoms with Crippen molar-refractivity contribution in [1.82, 2.24) is 20.7 Å². The maximum atomic E-state index is 11.9. The molecule has 0 saturated carbocycles. The van der Waals surface area contributed by atoms with Crippen LogP contribution in [0.25, 0.3) is 0 Å². The summed E-state index contributed by atoms with van der Waals surface area (Å²) in [7, 11) is 0. The molecule has 0 spiro atoms. The molecule has 2 amide bonds. The minimum absolute atomic E-state index is 0.110. The highest BCUT2D eigenvalue weighted by Crippen LogP contribution is 2.13. The third-order valence-electron chi connectivity index (χ3n) is 4.61. The summed E-state index contributed by atoms with van der Waals surface area (Å²) in [5.41, 5.74) is 2.08. The number of carbonyl (C=O) groups excluding carboxylic acids is 1. The van der Waals surface area contributed by atoms with Gasteiger partial charge in [-0.15, -0.1) is 0 Å². The lowest BCUT2D eigenvalue weighted by Gasteiger charge is -2.37. The molecule has 1 aliphatic rings. The Balaban J connectivity index is 1.61. The zero-order valence-electron chi connectivity index (χ0n) is 15.2. The summed E-state index contributed by atoms with van der Waals surface area (Å²) in [6.07, 6.45) is 1.73. The average molecular weight is 338 g/mol. The van der Waals surface area contributed by atoms with E-state index in [0.717, 1.165) is 49.6 Å². The highest BCUT2D eigenvalue weighted by atomic mass is 16.5. The number of nitrogens with zero attached hydrogens (tertiary/aromatic N) is 2. The van der Waals surface area contributed by atoms with E-state index in [1.807, 2.05) is 13.8 Å². The summed E-state index contributed by atoms with van der Waals surface area (Å²) in [5.74, 6) is 0.866. The van der Waals surface area contributed by atoms with E-state index in [1.165, 1.54) is 0 Å². The number of aromatic nitrogens is 1. The predicted molar refractivity (Wildman–Crippen MR) is 92.1 cm³/mol. The van der Waals surface area contributed by atoms with Gasteiger partial charge in [-0.1, -0.05) is 5.16 Å². The number of amides is 2. The summed E-state index contributed by atoms with van der Waals surface area (Å²) >= 11 is 0. The average Bonchev–Trinajstić information content (AvgIpc) is 2.88. The van der Waals surface area contributed by atoms with Crippen molar-refractivity contribution in [3.63, 3.8) is 0 Å². The highest BCUT2D eigenvalue weighted by molar-refractivity contribution is 5.73. The first-order chi connectivity index (χ1) is 11.5. The molecule has 2 N–H and O–H groups in total. The molecule has 136 valence electrons. The van der Waals surface area contributed by atoms with Crippen molar-refractivity contribution in [2.45, 2.75) is 52.6 Å². The number of hydrogen-bond acceptors (Lipinski definition) is 5. The van der Waals surface area contributed by atoms with Gasteiger partial charge in [-0.25, -0.2) is 4.79 Å². The fourth-order valence-corrected chi connectivity index (χ4v) is 3.14. The van der Waals surface area contributed by atoms with Gasteiger partial charge in [0.1, 0.15) is 5.76 Å². The molecule has 1 aliphatic heterocycles. The van der Waals surface area contributed by atoms with E-state index in [4.69, 9.17) is 9.26 Å².